The second-order valence-electron chi connectivity index (χ2n) is 4.59. The Morgan fingerprint density at radius 3 is 2.43 bits per heavy atom. The van der Waals surface area contributed by atoms with E-state index in [1.807, 2.05) is 42.5 Å². The van der Waals surface area contributed by atoms with Gasteiger partial charge in [0.1, 0.15) is 0 Å². The maximum Gasteiger partial charge on any atom is 0.236 e. The average Bonchev–Trinajstić information content (AvgIpc) is 2.55. The summed E-state index contributed by atoms with van der Waals surface area (Å²) in [7, 11) is 1.79. The van der Waals surface area contributed by atoms with E-state index in [2.05, 4.69) is 6.07 Å². The minimum Gasteiger partial charge on any atom is -0.315 e. The highest BCUT2D eigenvalue weighted by molar-refractivity contribution is 7.99. The fourth-order valence-corrected chi connectivity index (χ4v) is 2.72. The Hall–Kier alpha value is -2.25. The molecule has 2 rings (SSSR count). The second-order valence-corrected chi connectivity index (χ2v) is 5.58. The maximum atomic E-state index is 12.1. The molecule has 0 N–H and O–H groups in total. The number of hydrogen-bond donors (Lipinski definition) is 0. The quantitative estimate of drug-likeness (QED) is 0.848. The standard InChI is InChI=1S/C17H16N2OS/c1-19(16-5-3-2-4-6-16)17(20)13-21-12-15-9-7-14(11-18)8-10-15/h2-10H,12-13H2,1H3. The maximum absolute atomic E-state index is 12.1. The summed E-state index contributed by atoms with van der Waals surface area (Å²) in [6, 6.07) is 19.2. The van der Waals surface area contributed by atoms with Gasteiger partial charge in [-0.3, -0.25) is 4.79 Å². The molecule has 0 aliphatic carbocycles. The number of benzene rings is 2. The molecule has 106 valence electrons. The van der Waals surface area contributed by atoms with Crippen molar-refractivity contribution in [2.24, 2.45) is 0 Å². The Bertz CT molecular complexity index is 632. The number of hydrogen-bond acceptors (Lipinski definition) is 3. The number of carbonyl (C=O) groups excluding carboxylic acids is 1. The van der Waals surface area contributed by atoms with Crippen LogP contribution in [0.1, 0.15) is 11.1 Å². The molecule has 0 saturated heterocycles. The highest BCUT2D eigenvalue weighted by Crippen LogP contribution is 2.16. The predicted molar refractivity (Wildman–Crippen MR) is 87.2 cm³/mol. The molecule has 0 aromatic heterocycles. The lowest BCUT2D eigenvalue weighted by Crippen LogP contribution is -2.27. The van der Waals surface area contributed by atoms with Gasteiger partial charge in [-0.2, -0.15) is 5.26 Å². The summed E-state index contributed by atoms with van der Waals surface area (Å²) in [5.74, 6) is 1.28. The largest absolute Gasteiger partial charge is 0.315 e. The first-order valence-electron chi connectivity index (χ1n) is 6.59. The molecule has 2 aromatic carbocycles. The van der Waals surface area contributed by atoms with Crippen molar-refractivity contribution in [3.05, 3.63) is 65.7 Å². The molecule has 0 spiro atoms. The zero-order chi connectivity index (χ0) is 15.1. The van der Waals surface area contributed by atoms with Crippen molar-refractivity contribution in [2.75, 3.05) is 17.7 Å². The molecule has 0 saturated carbocycles. The Balaban J connectivity index is 1.82. The molecule has 2 aromatic rings. The van der Waals surface area contributed by atoms with Gasteiger partial charge < -0.3 is 4.90 Å². The van der Waals surface area contributed by atoms with Crippen LogP contribution in [-0.2, 0) is 10.5 Å². The number of para-hydroxylation sites is 1. The highest BCUT2D eigenvalue weighted by Gasteiger charge is 2.10. The topological polar surface area (TPSA) is 44.1 Å². The first-order chi connectivity index (χ1) is 10.2. The first kappa shape index (κ1) is 15.1. The van der Waals surface area contributed by atoms with E-state index in [0.717, 1.165) is 17.0 Å². The normalized spacial score (nSPS) is 9.90. The number of amides is 1. The van der Waals surface area contributed by atoms with Crippen LogP contribution in [0.25, 0.3) is 0 Å². The van der Waals surface area contributed by atoms with Crippen molar-refractivity contribution in [3.63, 3.8) is 0 Å². The van der Waals surface area contributed by atoms with Gasteiger partial charge in [0.25, 0.3) is 0 Å². The van der Waals surface area contributed by atoms with Crippen molar-refractivity contribution in [3.8, 4) is 6.07 Å². The molecule has 21 heavy (non-hydrogen) atoms. The number of nitrogens with zero attached hydrogens (tertiary/aromatic N) is 2. The number of carbonyl (C=O) groups is 1. The van der Waals surface area contributed by atoms with Crippen molar-refractivity contribution in [2.45, 2.75) is 5.75 Å². The summed E-state index contributed by atoms with van der Waals surface area (Å²) in [4.78, 5) is 13.8. The summed E-state index contributed by atoms with van der Waals surface area (Å²) in [6.45, 7) is 0. The molecule has 0 radical (unpaired) electrons. The lowest BCUT2D eigenvalue weighted by atomic mass is 10.2. The number of nitriles is 1. The van der Waals surface area contributed by atoms with E-state index in [9.17, 15) is 4.79 Å². The van der Waals surface area contributed by atoms with E-state index in [4.69, 9.17) is 5.26 Å². The van der Waals surface area contributed by atoms with Crippen LogP contribution in [0.2, 0.25) is 0 Å². The molecule has 0 unspecified atom stereocenters. The van der Waals surface area contributed by atoms with E-state index < -0.39 is 0 Å². The minimum absolute atomic E-state index is 0.0832. The van der Waals surface area contributed by atoms with Crippen LogP contribution < -0.4 is 4.90 Å². The van der Waals surface area contributed by atoms with Crippen molar-refractivity contribution < 1.29 is 4.79 Å². The smallest absolute Gasteiger partial charge is 0.236 e. The van der Waals surface area contributed by atoms with Crippen LogP contribution in [0.3, 0.4) is 0 Å². The van der Waals surface area contributed by atoms with Gasteiger partial charge in [0, 0.05) is 18.5 Å². The molecule has 3 nitrogen and oxygen atoms in total. The van der Waals surface area contributed by atoms with Crippen LogP contribution >= 0.6 is 11.8 Å². The number of thioether (sulfide) groups is 1. The third-order valence-electron chi connectivity index (χ3n) is 3.09. The molecule has 0 bridgehead atoms. The molecular weight excluding hydrogens is 280 g/mol. The monoisotopic (exact) mass is 296 g/mol. The minimum atomic E-state index is 0.0832. The molecular formula is C17H16N2OS. The third-order valence-corrected chi connectivity index (χ3v) is 4.08. The average molecular weight is 296 g/mol. The number of rotatable bonds is 5. The predicted octanol–water partition coefficient (Wildman–Crippen LogP) is 3.45. The Morgan fingerprint density at radius 1 is 1.14 bits per heavy atom. The highest BCUT2D eigenvalue weighted by atomic mass is 32.2. The summed E-state index contributed by atoms with van der Waals surface area (Å²) >= 11 is 1.58. The Labute approximate surface area is 129 Å². The SMILES string of the molecule is CN(C(=O)CSCc1ccc(C#N)cc1)c1ccccc1. The molecule has 0 heterocycles. The molecule has 0 atom stereocenters. The van der Waals surface area contributed by atoms with E-state index >= 15 is 0 Å². The van der Waals surface area contributed by atoms with Gasteiger partial charge in [-0.15, -0.1) is 11.8 Å². The van der Waals surface area contributed by atoms with Crippen LogP contribution in [-0.4, -0.2) is 18.7 Å². The fourth-order valence-electron chi connectivity index (χ4n) is 1.82. The van der Waals surface area contributed by atoms with Crippen LogP contribution in [0, 0.1) is 11.3 Å². The van der Waals surface area contributed by atoms with Gasteiger partial charge in [0.2, 0.25) is 5.91 Å². The second kappa shape index (κ2) is 7.51. The van der Waals surface area contributed by atoms with Crippen molar-refractivity contribution >= 4 is 23.4 Å². The van der Waals surface area contributed by atoms with Gasteiger partial charge >= 0.3 is 0 Å². The van der Waals surface area contributed by atoms with E-state index in [0.29, 0.717) is 11.3 Å². The van der Waals surface area contributed by atoms with Crippen LogP contribution in [0.4, 0.5) is 5.69 Å². The van der Waals surface area contributed by atoms with E-state index in [1.54, 1.807) is 35.8 Å². The Morgan fingerprint density at radius 2 is 1.81 bits per heavy atom. The van der Waals surface area contributed by atoms with Crippen LogP contribution in [0.15, 0.2) is 54.6 Å². The Kier molecular flexibility index (Phi) is 5.42. The van der Waals surface area contributed by atoms with Gasteiger partial charge in [-0.1, -0.05) is 30.3 Å². The van der Waals surface area contributed by atoms with Crippen LogP contribution in [0.5, 0.6) is 0 Å². The molecule has 4 heteroatoms. The van der Waals surface area contributed by atoms with Crippen molar-refractivity contribution in [1.29, 1.82) is 5.26 Å². The van der Waals surface area contributed by atoms with Gasteiger partial charge in [-0.05, 0) is 29.8 Å². The van der Waals surface area contributed by atoms with Gasteiger partial charge in [0.05, 0.1) is 17.4 Å². The molecule has 0 aliphatic heterocycles. The zero-order valence-electron chi connectivity index (χ0n) is 11.8. The molecule has 1 amide bonds. The fraction of sp³-hybridized carbons (Fsp3) is 0.176. The van der Waals surface area contributed by atoms with E-state index in [-0.39, 0.29) is 5.91 Å². The third kappa shape index (κ3) is 4.37. The van der Waals surface area contributed by atoms with E-state index in [1.165, 1.54) is 0 Å². The first-order valence-corrected chi connectivity index (χ1v) is 7.74. The van der Waals surface area contributed by atoms with Crippen molar-refractivity contribution in [1.82, 2.24) is 0 Å². The summed E-state index contributed by atoms with van der Waals surface area (Å²) in [5, 5.41) is 8.74. The zero-order valence-corrected chi connectivity index (χ0v) is 12.6. The summed E-state index contributed by atoms with van der Waals surface area (Å²) in [5.41, 5.74) is 2.68. The lowest BCUT2D eigenvalue weighted by Gasteiger charge is -2.16. The molecule has 0 aliphatic rings. The number of anilines is 1. The molecule has 0 fully saturated rings. The van der Waals surface area contributed by atoms with Gasteiger partial charge in [0.15, 0.2) is 0 Å². The lowest BCUT2D eigenvalue weighted by molar-refractivity contribution is -0.115. The summed E-state index contributed by atoms with van der Waals surface area (Å²) < 4.78 is 0. The summed E-state index contributed by atoms with van der Waals surface area (Å²) in [6.07, 6.45) is 0. The van der Waals surface area contributed by atoms with Gasteiger partial charge in [-0.25, -0.2) is 0 Å².